The van der Waals surface area contributed by atoms with Crippen molar-refractivity contribution in [1.29, 1.82) is 0 Å². The topological polar surface area (TPSA) is 83.5 Å². The van der Waals surface area contributed by atoms with E-state index in [9.17, 15) is 4.79 Å². The first-order valence-corrected chi connectivity index (χ1v) is 9.03. The van der Waals surface area contributed by atoms with Crippen molar-refractivity contribution in [2.24, 2.45) is 0 Å². The van der Waals surface area contributed by atoms with Crippen molar-refractivity contribution in [1.82, 2.24) is 8.51 Å². The number of nitrogens with zero attached hydrogens (tertiary/aromatic N) is 1. The lowest BCUT2D eigenvalue weighted by Crippen LogP contribution is -2.31. The first-order valence-electron chi connectivity index (χ1n) is 7.95. The van der Waals surface area contributed by atoms with E-state index in [0.717, 1.165) is 37.2 Å². The summed E-state index contributed by atoms with van der Waals surface area (Å²) in [5.74, 6) is 0.122. The number of unbranched alkanes of at least 4 members (excludes halogenated alkanes) is 1. The molecule has 0 amide bonds. The largest absolute Gasteiger partial charge is 0.480 e. The van der Waals surface area contributed by atoms with Crippen LogP contribution in [0.25, 0.3) is 0 Å². The molecule has 1 aromatic heterocycles. The molecule has 1 heterocycles. The number of aryl methyl sites for hydroxylation is 2. The molecule has 6 nitrogen and oxygen atoms in total. The fourth-order valence-electron chi connectivity index (χ4n) is 2.21. The van der Waals surface area contributed by atoms with Crippen molar-refractivity contribution in [3.8, 4) is 0 Å². The summed E-state index contributed by atoms with van der Waals surface area (Å²) in [6, 6.07) is 3.68. The van der Waals surface area contributed by atoms with Crippen LogP contribution in [0.15, 0.2) is 12.1 Å². The van der Waals surface area contributed by atoms with E-state index < -0.39 is 12.0 Å². The first-order chi connectivity index (χ1) is 11.1. The fraction of sp³-hybridized carbons (Fsp3) is 0.625. The van der Waals surface area contributed by atoms with E-state index in [2.05, 4.69) is 32.9 Å². The molecule has 7 heteroatoms. The Balaban J connectivity index is 2.19. The number of rotatable bonds is 12. The Hall–Kier alpha value is -0.930. The van der Waals surface area contributed by atoms with E-state index in [4.69, 9.17) is 9.84 Å². The summed E-state index contributed by atoms with van der Waals surface area (Å²) in [7, 11) is 1.90. The molecule has 0 aliphatic rings. The van der Waals surface area contributed by atoms with Crippen LogP contribution in [0.1, 0.15) is 37.4 Å². The SMILES string of the molecule is CCc1ccc(CCCCOCCC(NI)C(=O)O)nc1NC. The van der Waals surface area contributed by atoms with Crippen LogP contribution in [0.2, 0.25) is 0 Å². The average molecular weight is 435 g/mol. The normalized spacial score (nSPS) is 12.1. The minimum absolute atomic E-state index is 0.459. The molecule has 0 aliphatic heterocycles. The predicted molar refractivity (Wildman–Crippen MR) is 100 cm³/mol. The maximum atomic E-state index is 10.8. The smallest absolute Gasteiger partial charge is 0.321 e. The molecule has 0 saturated heterocycles. The number of ether oxygens (including phenoxy) is 1. The number of carbonyl (C=O) groups is 1. The standard InChI is InChI=1S/C16H26IN3O3/c1-3-12-7-8-13(19-15(12)18-2)6-4-5-10-23-11-9-14(20-17)16(21)22/h7-8,14,20H,3-6,9-11H2,1-2H3,(H,18,19)(H,21,22). The second-order valence-electron chi connectivity index (χ2n) is 5.27. The molecule has 23 heavy (non-hydrogen) atoms. The highest BCUT2D eigenvalue weighted by Gasteiger charge is 2.14. The maximum absolute atomic E-state index is 10.8. The number of carboxylic acid groups (broad SMARTS) is 1. The van der Waals surface area contributed by atoms with Gasteiger partial charge in [0.15, 0.2) is 0 Å². The second-order valence-corrected chi connectivity index (χ2v) is 5.89. The Kier molecular flexibility index (Phi) is 10.1. The summed E-state index contributed by atoms with van der Waals surface area (Å²) < 4.78 is 8.22. The highest BCUT2D eigenvalue weighted by molar-refractivity contribution is 14.1. The minimum Gasteiger partial charge on any atom is -0.480 e. The van der Waals surface area contributed by atoms with Crippen molar-refractivity contribution in [3.63, 3.8) is 0 Å². The molecular weight excluding hydrogens is 409 g/mol. The van der Waals surface area contributed by atoms with Gasteiger partial charge in [0, 0.05) is 48.8 Å². The van der Waals surface area contributed by atoms with E-state index in [1.807, 2.05) is 29.9 Å². The molecule has 0 spiro atoms. The number of aliphatic carboxylic acids is 1. The molecule has 1 aromatic rings. The Labute approximate surface area is 151 Å². The monoisotopic (exact) mass is 435 g/mol. The van der Waals surface area contributed by atoms with Gasteiger partial charge in [0.05, 0.1) is 0 Å². The van der Waals surface area contributed by atoms with Crippen LogP contribution in [0.3, 0.4) is 0 Å². The summed E-state index contributed by atoms with van der Waals surface area (Å²) in [6.07, 6.45) is 4.33. The number of anilines is 1. The van der Waals surface area contributed by atoms with Crippen LogP contribution in [0.5, 0.6) is 0 Å². The van der Waals surface area contributed by atoms with Gasteiger partial charge in [-0.1, -0.05) is 13.0 Å². The molecule has 0 saturated carbocycles. The Morgan fingerprint density at radius 1 is 1.39 bits per heavy atom. The van der Waals surface area contributed by atoms with Crippen LogP contribution in [0, 0.1) is 0 Å². The maximum Gasteiger partial charge on any atom is 0.321 e. The Morgan fingerprint density at radius 2 is 2.17 bits per heavy atom. The zero-order valence-electron chi connectivity index (χ0n) is 13.8. The highest BCUT2D eigenvalue weighted by Crippen LogP contribution is 2.15. The van der Waals surface area contributed by atoms with Crippen LogP contribution in [0.4, 0.5) is 5.82 Å². The number of aromatic nitrogens is 1. The lowest BCUT2D eigenvalue weighted by Gasteiger charge is -2.10. The quantitative estimate of drug-likeness (QED) is 0.266. The summed E-state index contributed by atoms with van der Waals surface area (Å²) in [5, 5.41) is 12.0. The summed E-state index contributed by atoms with van der Waals surface area (Å²) in [6.45, 7) is 3.23. The van der Waals surface area contributed by atoms with Crippen molar-refractivity contribution >= 4 is 34.7 Å². The minimum atomic E-state index is -0.843. The zero-order chi connectivity index (χ0) is 17.1. The van der Waals surface area contributed by atoms with Crippen molar-refractivity contribution in [3.05, 3.63) is 23.4 Å². The van der Waals surface area contributed by atoms with Crippen molar-refractivity contribution < 1.29 is 14.6 Å². The van der Waals surface area contributed by atoms with Gasteiger partial charge in [0.2, 0.25) is 0 Å². The molecule has 130 valence electrons. The van der Waals surface area contributed by atoms with Crippen LogP contribution >= 0.6 is 22.9 Å². The molecule has 0 aromatic carbocycles. The van der Waals surface area contributed by atoms with Gasteiger partial charge in [-0.05, 0) is 43.7 Å². The van der Waals surface area contributed by atoms with Gasteiger partial charge < -0.3 is 15.2 Å². The Bertz CT molecular complexity index is 486. The zero-order valence-corrected chi connectivity index (χ0v) is 15.9. The fourth-order valence-corrected chi connectivity index (χ4v) is 2.79. The number of nitrogens with one attached hydrogen (secondary N) is 2. The third kappa shape index (κ3) is 7.45. The van der Waals surface area contributed by atoms with E-state index in [1.165, 1.54) is 5.56 Å². The van der Waals surface area contributed by atoms with Crippen molar-refractivity contribution in [2.75, 3.05) is 25.6 Å². The van der Waals surface area contributed by atoms with Gasteiger partial charge in [-0.2, -0.15) is 0 Å². The van der Waals surface area contributed by atoms with E-state index in [-0.39, 0.29) is 0 Å². The van der Waals surface area contributed by atoms with Gasteiger partial charge >= 0.3 is 5.97 Å². The first kappa shape index (κ1) is 20.1. The third-order valence-electron chi connectivity index (χ3n) is 3.61. The number of halogens is 1. The second kappa shape index (κ2) is 11.6. The molecule has 0 radical (unpaired) electrons. The van der Waals surface area contributed by atoms with Gasteiger partial charge in [0.1, 0.15) is 11.9 Å². The summed E-state index contributed by atoms with van der Waals surface area (Å²) in [4.78, 5) is 15.4. The average Bonchev–Trinajstić information content (AvgIpc) is 2.56. The molecule has 0 aliphatic carbocycles. The van der Waals surface area contributed by atoms with Gasteiger partial charge in [-0.3, -0.25) is 4.79 Å². The summed E-state index contributed by atoms with van der Waals surface area (Å²) >= 11 is 1.86. The van der Waals surface area contributed by atoms with Gasteiger partial charge in [0.25, 0.3) is 0 Å². The van der Waals surface area contributed by atoms with Crippen LogP contribution in [-0.2, 0) is 22.4 Å². The van der Waals surface area contributed by atoms with Crippen molar-refractivity contribution in [2.45, 2.75) is 45.1 Å². The number of pyridine rings is 1. The molecule has 1 atom stereocenters. The van der Waals surface area contributed by atoms with Gasteiger partial charge in [-0.25, -0.2) is 8.51 Å². The van der Waals surface area contributed by atoms with Crippen LogP contribution in [-0.4, -0.2) is 42.4 Å². The molecule has 0 bridgehead atoms. The highest BCUT2D eigenvalue weighted by atomic mass is 127. The predicted octanol–water partition coefficient (Wildman–Crippen LogP) is 2.81. The molecule has 1 unspecified atom stereocenters. The third-order valence-corrected chi connectivity index (χ3v) is 4.36. The van der Waals surface area contributed by atoms with E-state index >= 15 is 0 Å². The molecule has 1 rings (SSSR count). The lowest BCUT2D eigenvalue weighted by atomic mass is 10.1. The molecule has 3 N–H and O–H groups in total. The molecule has 0 fully saturated rings. The Morgan fingerprint density at radius 3 is 2.78 bits per heavy atom. The number of hydrogen-bond donors (Lipinski definition) is 3. The number of hydrogen-bond acceptors (Lipinski definition) is 5. The van der Waals surface area contributed by atoms with Gasteiger partial charge in [-0.15, -0.1) is 0 Å². The summed E-state index contributed by atoms with van der Waals surface area (Å²) in [5.41, 5.74) is 2.32. The molecular formula is C16H26IN3O3. The van der Waals surface area contributed by atoms with E-state index in [0.29, 0.717) is 19.6 Å². The number of carboxylic acids is 1. The van der Waals surface area contributed by atoms with E-state index in [1.54, 1.807) is 0 Å². The lowest BCUT2D eigenvalue weighted by molar-refractivity contribution is -0.139. The van der Waals surface area contributed by atoms with Crippen LogP contribution < -0.4 is 8.85 Å².